The molecule has 1 atom stereocenters. The maximum Gasteiger partial charge on any atom is 0.271 e. The molecule has 1 aromatic rings. The van der Waals surface area contributed by atoms with Gasteiger partial charge in [-0.3, -0.25) is 14.5 Å². The molecular weight excluding hydrogens is 328 g/mol. The van der Waals surface area contributed by atoms with E-state index in [-0.39, 0.29) is 17.5 Å². The number of rotatable bonds is 6. The highest BCUT2D eigenvalue weighted by Crippen LogP contribution is 2.29. The van der Waals surface area contributed by atoms with Crippen LogP contribution in [0.15, 0.2) is 41.0 Å². The molecule has 2 amide bonds. The first-order valence-electron chi connectivity index (χ1n) is 8.88. The molecule has 0 saturated carbocycles. The number of imide groups is 1. The second-order valence-corrected chi connectivity index (χ2v) is 6.32. The third-order valence-corrected chi connectivity index (χ3v) is 4.47. The Balaban J connectivity index is 2.43. The fourth-order valence-corrected chi connectivity index (χ4v) is 2.73. The minimum absolute atomic E-state index is 0.0269. The average Bonchev–Trinajstić information content (AvgIpc) is 2.64. The molecule has 1 aliphatic heterocycles. The number of benzene rings is 1. The Kier molecular flexibility index (Phi) is 6.35. The summed E-state index contributed by atoms with van der Waals surface area (Å²) >= 11 is 0. The maximum atomic E-state index is 12.9. The Labute approximate surface area is 154 Å². The molecule has 1 unspecified atom stereocenters. The predicted octanol–water partition coefficient (Wildman–Crippen LogP) is 3.87. The van der Waals surface area contributed by atoms with Crippen molar-refractivity contribution in [3.63, 3.8) is 0 Å². The number of nitrogens with zero attached hydrogens (tertiary/aromatic N) is 2. The van der Waals surface area contributed by atoms with Gasteiger partial charge in [0.15, 0.2) is 0 Å². The van der Waals surface area contributed by atoms with Gasteiger partial charge < -0.3 is 4.74 Å². The van der Waals surface area contributed by atoms with Crippen molar-refractivity contribution in [3.05, 3.63) is 46.5 Å². The van der Waals surface area contributed by atoms with Crippen LogP contribution in [0, 0.1) is 11.3 Å². The van der Waals surface area contributed by atoms with Crippen molar-refractivity contribution in [3.8, 4) is 11.8 Å². The number of ether oxygens (including phenoxy) is 1. The topological polar surface area (TPSA) is 70.4 Å². The van der Waals surface area contributed by atoms with Crippen LogP contribution in [0.1, 0.15) is 46.1 Å². The van der Waals surface area contributed by atoms with Crippen LogP contribution in [-0.4, -0.2) is 29.4 Å². The molecule has 5 nitrogen and oxygen atoms in total. The SMILES string of the molecule is CCCOc1ccc(/C=C2/C(=O)N(C(C)CC)C(=O)C(C#N)=C2C)cc1. The minimum Gasteiger partial charge on any atom is -0.494 e. The van der Waals surface area contributed by atoms with Crippen LogP contribution in [-0.2, 0) is 9.59 Å². The Morgan fingerprint density at radius 2 is 1.85 bits per heavy atom. The predicted molar refractivity (Wildman–Crippen MR) is 100 cm³/mol. The van der Waals surface area contributed by atoms with Crippen LogP contribution in [0.5, 0.6) is 5.75 Å². The van der Waals surface area contributed by atoms with Crippen LogP contribution in [0.3, 0.4) is 0 Å². The van der Waals surface area contributed by atoms with Gasteiger partial charge in [-0.15, -0.1) is 0 Å². The van der Waals surface area contributed by atoms with Crippen molar-refractivity contribution >= 4 is 17.9 Å². The van der Waals surface area contributed by atoms with E-state index >= 15 is 0 Å². The van der Waals surface area contributed by atoms with Crippen LogP contribution < -0.4 is 4.74 Å². The zero-order valence-corrected chi connectivity index (χ0v) is 15.7. The van der Waals surface area contributed by atoms with Gasteiger partial charge in [0.1, 0.15) is 17.4 Å². The molecule has 0 aliphatic carbocycles. The molecule has 1 heterocycles. The fourth-order valence-electron chi connectivity index (χ4n) is 2.73. The number of hydrogen-bond donors (Lipinski definition) is 0. The van der Waals surface area contributed by atoms with Crippen LogP contribution in [0.4, 0.5) is 0 Å². The molecule has 0 bridgehead atoms. The largest absolute Gasteiger partial charge is 0.494 e. The monoisotopic (exact) mass is 352 g/mol. The van der Waals surface area contributed by atoms with E-state index in [2.05, 4.69) is 0 Å². The third-order valence-electron chi connectivity index (χ3n) is 4.47. The molecule has 26 heavy (non-hydrogen) atoms. The molecule has 0 radical (unpaired) electrons. The lowest BCUT2D eigenvalue weighted by molar-refractivity contribution is -0.142. The summed E-state index contributed by atoms with van der Waals surface area (Å²) in [5, 5.41) is 9.38. The second-order valence-electron chi connectivity index (χ2n) is 6.32. The van der Waals surface area contributed by atoms with Gasteiger partial charge in [-0.25, -0.2) is 0 Å². The first-order chi connectivity index (χ1) is 12.4. The summed E-state index contributed by atoms with van der Waals surface area (Å²) in [5.74, 6) is -0.0951. The lowest BCUT2D eigenvalue weighted by Crippen LogP contribution is -2.47. The van der Waals surface area contributed by atoms with E-state index in [1.165, 1.54) is 4.90 Å². The normalized spacial score (nSPS) is 17.5. The van der Waals surface area contributed by atoms with Gasteiger partial charge in [0.25, 0.3) is 11.8 Å². The highest BCUT2D eigenvalue weighted by Gasteiger charge is 2.37. The summed E-state index contributed by atoms with van der Waals surface area (Å²) in [6.45, 7) is 8.05. The van der Waals surface area contributed by atoms with Gasteiger partial charge in [0.05, 0.1) is 6.61 Å². The number of nitriles is 1. The van der Waals surface area contributed by atoms with Crippen molar-refractivity contribution in [2.24, 2.45) is 0 Å². The summed E-state index contributed by atoms with van der Waals surface area (Å²) in [7, 11) is 0. The minimum atomic E-state index is -0.509. The summed E-state index contributed by atoms with van der Waals surface area (Å²) in [4.78, 5) is 26.6. The number of hydrogen-bond acceptors (Lipinski definition) is 4. The molecule has 0 spiro atoms. The van der Waals surface area contributed by atoms with E-state index < -0.39 is 5.91 Å². The molecule has 136 valence electrons. The fraction of sp³-hybridized carbons (Fsp3) is 0.381. The molecule has 0 aromatic heterocycles. The van der Waals surface area contributed by atoms with Gasteiger partial charge in [-0.1, -0.05) is 26.0 Å². The lowest BCUT2D eigenvalue weighted by Gasteiger charge is -2.31. The van der Waals surface area contributed by atoms with Gasteiger partial charge in [0, 0.05) is 11.6 Å². The Morgan fingerprint density at radius 1 is 1.19 bits per heavy atom. The Bertz CT molecular complexity index is 798. The van der Waals surface area contributed by atoms with Crippen LogP contribution in [0.25, 0.3) is 6.08 Å². The van der Waals surface area contributed by atoms with E-state index in [1.807, 2.05) is 51.1 Å². The molecule has 1 aliphatic rings. The molecular formula is C21H24N2O3. The zero-order chi connectivity index (χ0) is 19.3. The smallest absolute Gasteiger partial charge is 0.271 e. The molecule has 1 aromatic carbocycles. The van der Waals surface area contributed by atoms with Crippen molar-refractivity contribution < 1.29 is 14.3 Å². The summed E-state index contributed by atoms with van der Waals surface area (Å²) in [6.07, 6.45) is 3.28. The first-order valence-corrected chi connectivity index (χ1v) is 8.88. The summed E-state index contributed by atoms with van der Waals surface area (Å²) in [6, 6.07) is 9.09. The number of amides is 2. The lowest BCUT2D eigenvalue weighted by atomic mass is 9.92. The van der Waals surface area contributed by atoms with E-state index in [4.69, 9.17) is 4.74 Å². The molecule has 0 N–H and O–H groups in total. The molecule has 0 fully saturated rings. The first kappa shape index (κ1) is 19.5. The zero-order valence-electron chi connectivity index (χ0n) is 15.7. The second kappa shape index (κ2) is 8.48. The van der Waals surface area contributed by atoms with E-state index in [0.717, 1.165) is 17.7 Å². The standard InChI is InChI=1S/C21H24N2O3/c1-5-11-26-17-9-7-16(8-10-17)12-18-15(4)19(13-22)21(25)23(20(18)24)14(3)6-2/h7-10,12,14H,5-6,11H2,1-4H3/b18-12+. The van der Waals surface area contributed by atoms with Crippen molar-refractivity contribution in [1.29, 1.82) is 5.26 Å². The Hall–Kier alpha value is -2.87. The van der Waals surface area contributed by atoms with E-state index in [1.54, 1.807) is 13.0 Å². The van der Waals surface area contributed by atoms with Gasteiger partial charge in [0.2, 0.25) is 0 Å². The van der Waals surface area contributed by atoms with Gasteiger partial charge in [-0.2, -0.15) is 5.26 Å². The molecule has 0 saturated heterocycles. The van der Waals surface area contributed by atoms with E-state index in [9.17, 15) is 14.9 Å². The summed E-state index contributed by atoms with van der Waals surface area (Å²) < 4.78 is 5.56. The Morgan fingerprint density at radius 3 is 2.38 bits per heavy atom. The maximum absolute atomic E-state index is 12.9. The molecule has 5 heteroatoms. The van der Waals surface area contributed by atoms with Crippen LogP contribution in [0.2, 0.25) is 0 Å². The highest BCUT2D eigenvalue weighted by molar-refractivity contribution is 6.19. The van der Waals surface area contributed by atoms with Gasteiger partial charge in [-0.05, 0) is 56.0 Å². The molecule has 2 rings (SSSR count). The third kappa shape index (κ3) is 3.85. The highest BCUT2D eigenvalue weighted by atomic mass is 16.5. The summed E-state index contributed by atoms with van der Waals surface area (Å²) in [5.41, 5.74) is 1.64. The van der Waals surface area contributed by atoms with Gasteiger partial charge >= 0.3 is 0 Å². The quantitative estimate of drug-likeness (QED) is 0.576. The van der Waals surface area contributed by atoms with Crippen molar-refractivity contribution in [2.45, 2.75) is 46.6 Å². The van der Waals surface area contributed by atoms with Crippen molar-refractivity contribution in [2.75, 3.05) is 6.61 Å². The van der Waals surface area contributed by atoms with Crippen molar-refractivity contribution in [1.82, 2.24) is 4.90 Å². The average molecular weight is 352 g/mol. The van der Waals surface area contributed by atoms with Crippen LogP contribution >= 0.6 is 0 Å². The number of carbonyl (C=O) groups is 2. The number of carbonyl (C=O) groups excluding carboxylic acids is 2. The van der Waals surface area contributed by atoms with E-state index in [0.29, 0.717) is 24.2 Å².